The first kappa shape index (κ1) is 14.2. The first-order valence-corrected chi connectivity index (χ1v) is 7.19. The summed E-state index contributed by atoms with van der Waals surface area (Å²) >= 11 is 0. The Kier molecular flexibility index (Phi) is 4.70. The van der Waals surface area contributed by atoms with E-state index in [0.717, 1.165) is 43.6 Å². The quantitative estimate of drug-likeness (QED) is 0.886. The van der Waals surface area contributed by atoms with Gasteiger partial charge in [-0.2, -0.15) is 0 Å². The van der Waals surface area contributed by atoms with E-state index in [0.29, 0.717) is 6.61 Å². The molecule has 0 amide bonds. The zero-order chi connectivity index (χ0) is 13.7. The van der Waals surface area contributed by atoms with E-state index in [2.05, 4.69) is 6.92 Å². The highest BCUT2D eigenvalue weighted by Crippen LogP contribution is 2.32. The van der Waals surface area contributed by atoms with Crippen molar-refractivity contribution in [3.63, 3.8) is 0 Å². The van der Waals surface area contributed by atoms with Crippen LogP contribution in [0.5, 0.6) is 11.5 Å². The highest BCUT2D eigenvalue weighted by atomic mass is 16.5. The second kappa shape index (κ2) is 6.29. The van der Waals surface area contributed by atoms with Gasteiger partial charge in [-0.1, -0.05) is 32.3 Å². The first-order chi connectivity index (χ1) is 9.17. The zero-order valence-electron chi connectivity index (χ0n) is 11.9. The Labute approximate surface area is 115 Å². The SMILES string of the molecule is CCc1ccc(OCC2(O)CCCCC2)c(OC)c1. The third kappa shape index (κ3) is 3.63. The van der Waals surface area contributed by atoms with Crippen molar-refractivity contribution < 1.29 is 14.6 Å². The standard InChI is InChI=1S/C16H24O3/c1-3-13-7-8-14(15(11-13)18-2)19-12-16(17)9-5-4-6-10-16/h7-8,11,17H,3-6,9-10,12H2,1-2H3. The third-order valence-electron chi connectivity index (χ3n) is 3.92. The lowest BCUT2D eigenvalue weighted by Gasteiger charge is -2.31. The molecule has 0 atom stereocenters. The topological polar surface area (TPSA) is 38.7 Å². The van der Waals surface area contributed by atoms with Crippen molar-refractivity contribution in [2.45, 2.75) is 51.0 Å². The van der Waals surface area contributed by atoms with E-state index in [-0.39, 0.29) is 0 Å². The molecule has 1 aliphatic carbocycles. The number of benzene rings is 1. The van der Waals surface area contributed by atoms with E-state index in [1.54, 1.807) is 7.11 Å². The van der Waals surface area contributed by atoms with Crippen LogP contribution in [0.25, 0.3) is 0 Å². The van der Waals surface area contributed by atoms with Gasteiger partial charge in [-0.15, -0.1) is 0 Å². The largest absolute Gasteiger partial charge is 0.493 e. The van der Waals surface area contributed by atoms with Crippen LogP contribution in [0.2, 0.25) is 0 Å². The number of ether oxygens (including phenoxy) is 2. The van der Waals surface area contributed by atoms with E-state index in [9.17, 15) is 5.11 Å². The van der Waals surface area contributed by atoms with Crippen LogP contribution >= 0.6 is 0 Å². The van der Waals surface area contributed by atoms with Gasteiger partial charge < -0.3 is 14.6 Å². The molecule has 0 heterocycles. The van der Waals surface area contributed by atoms with Gasteiger partial charge in [0, 0.05) is 0 Å². The normalized spacial score (nSPS) is 18.1. The molecular weight excluding hydrogens is 240 g/mol. The molecule has 1 fully saturated rings. The van der Waals surface area contributed by atoms with Gasteiger partial charge in [0.25, 0.3) is 0 Å². The Morgan fingerprint density at radius 2 is 1.89 bits per heavy atom. The Morgan fingerprint density at radius 3 is 2.53 bits per heavy atom. The fraction of sp³-hybridized carbons (Fsp3) is 0.625. The fourth-order valence-corrected chi connectivity index (χ4v) is 2.62. The number of hydrogen-bond donors (Lipinski definition) is 1. The minimum Gasteiger partial charge on any atom is -0.493 e. The van der Waals surface area contributed by atoms with Crippen molar-refractivity contribution in [2.24, 2.45) is 0 Å². The summed E-state index contributed by atoms with van der Waals surface area (Å²) in [6.45, 7) is 2.47. The van der Waals surface area contributed by atoms with Crippen molar-refractivity contribution in [1.82, 2.24) is 0 Å². The summed E-state index contributed by atoms with van der Waals surface area (Å²) in [5.41, 5.74) is 0.563. The molecule has 0 spiro atoms. The summed E-state index contributed by atoms with van der Waals surface area (Å²) in [5.74, 6) is 1.47. The van der Waals surface area contributed by atoms with Gasteiger partial charge >= 0.3 is 0 Å². The molecule has 3 heteroatoms. The Morgan fingerprint density at radius 1 is 1.16 bits per heavy atom. The van der Waals surface area contributed by atoms with Crippen LogP contribution < -0.4 is 9.47 Å². The molecule has 0 aromatic heterocycles. The first-order valence-electron chi connectivity index (χ1n) is 7.19. The summed E-state index contributed by atoms with van der Waals surface area (Å²) in [6.07, 6.45) is 6.04. The number of rotatable bonds is 5. The number of hydrogen-bond acceptors (Lipinski definition) is 3. The van der Waals surface area contributed by atoms with Crippen LogP contribution in [-0.4, -0.2) is 24.4 Å². The zero-order valence-corrected chi connectivity index (χ0v) is 11.9. The van der Waals surface area contributed by atoms with Crippen LogP contribution in [0.1, 0.15) is 44.6 Å². The summed E-state index contributed by atoms with van der Waals surface area (Å²) in [6, 6.07) is 5.98. The lowest BCUT2D eigenvalue weighted by atomic mass is 9.85. The molecule has 1 aromatic carbocycles. The minimum absolute atomic E-state index is 0.356. The van der Waals surface area contributed by atoms with Crippen LogP contribution in [0, 0.1) is 0 Å². The predicted molar refractivity (Wildman–Crippen MR) is 75.9 cm³/mol. The van der Waals surface area contributed by atoms with Crippen LogP contribution in [0.4, 0.5) is 0 Å². The Hall–Kier alpha value is -1.22. The highest BCUT2D eigenvalue weighted by Gasteiger charge is 2.30. The third-order valence-corrected chi connectivity index (χ3v) is 3.92. The van der Waals surface area contributed by atoms with Crippen molar-refractivity contribution in [3.05, 3.63) is 23.8 Å². The second-order valence-corrected chi connectivity index (χ2v) is 5.41. The van der Waals surface area contributed by atoms with E-state index in [1.807, 2.05) is 18.2 Å². The van der Waals surface area contributed by atoms with Gasteiger partial charge in [-0.3, -0.25) is 0 Å². The summed E-state index contributed by atoms with van der Waals surface area (Å²) in [5, 5.41) is 10.4. The summed E-state index contributed by atoms with van der Waals surface area (Å²) in [7, 11) is 1.65. The molecule has 3 nitrogen and oxygen atoms in total. The molecule has 0 aliphatic heterocycles. The predicted octanol–water partition coefficient (Wildman–Crippen LogP) is 3.33. The molecule has 0 saturated heterocycles. The average Bonchev–Trinajstić information content (AvgIpc) is 2.45. The fourth-order valence-electron chi connectivity index (χ4n) is 2.62. The Balaban J connectivity index is 2.02. The van der Waals surface area contributed by atoms with Crippen molar-refractivity contribution in [3.8, 4) is 11.5 Å². The van der Waals surface area contributed by atoms with Gasteiger partial charge in [-0.25, -0.2) is 0 Å². The average molecular weight is 264 g/mol. The number of aryl methyl sites for hydroxylation is 1. The summed E-state index contributed by atoms with van der Waals surface area (Å²) < 4.78 is 11.1. The van der Waals surface area contributed by atoms with Gasteiger partial charge in [0.2, 0.25) is 0 Å². The molecule has 0 radical (unpaired) electrons. The lowest BCUT2D eigenvalue weighted by molar-refractivity contribution is -0.0343. The molecular formula is C16H24O3. The maximum Gasteiger partial charge on any atom is 0.161 e. The van der Waals surface area contributed by atoms with Crippen LogP contribution in [0.3, 0.4) is 0 Å². The van der Waals surface area contributed by atoms with Gasteiger partial charge in [0.05, 0.1) is 12.7 Å². The van der Waals surface area contributed by atoms with Crippen molar-refractivity contribution in [2.75, 3.05) is 13.7 Å². The monoisotopic (exact) mass is 264 g/mol. The van der Waals surface area contributed by atoms with E-state index in [4.69, 9.17) is 9.47 Å². The van der Waals surface area contributed by atoms with Crippen LogP contribution in [0.15, 0.2) is 18.2 Å². The molecule has 1 aliphatic rings. The molecule has 0 unspecified atom stereocenters. The number of methoxy groups -OCH3 is 1. The smallest absolute Gasteiger partial charge is 0.161 e. The molecule has 2 rings (SSSR count). The summed E-state index contributed by atoms with van der Waals surface area (Å²) in [4.78, 5) is 0. The maximum absolute atomic E-state index is 10.4. The van der Waals surface area contributed by atoms with Gasteiger partial charge in [-0.05, 0) is 37.0 Å². The van der Waals surface area contributed by atoms with E-state index in [1.165, 1.54) is 12.0 Å². The lowest BCUT2D eigenvalue weighted by Crippen LogP contribution is -2.37. The van der Waals surface area contributed by atoms with Crippen molar-refractivity contribution in [1.29, 1.82) is 0 Å². The van der Waals surface area contributed by atoms with Gasteiger partial charge in [0.15, 0.2) is 11.5 Å². The molecule has 19 heavy (non-hydrogen) atoms. The molecule has 1 N–H and O–H groups in total. The molecule has 106 valence electrons. The second-order valence-electron chi connectivity index (χ2n) is 5.41. The maximum atomic E-state index is 10.4. The molecule has 1 aromatic rings. The van der Waals surface area contributed by atoms with Gasteiger partial charge in [0.1, 0.15) is 6.61 Å². The minimum atomic E-state index is -0.660. The van der Waals surface area contributed by atoms with Crippen molar-refractivity contribution >= 4 is 0 Å². The van der Waals surface area contributed by atoms with Crippen LogP contribution in [-0.2, 0) is 6.42 Å². The highest BCUT2D eigenvalue weighted by molar-refractivity contribution is 5.43. The van der Waals surface area contributed by atoms with E-state index < -0.39 is 5.60 Å². The van der Waals surface area contributed by atoms with E-state index >= 15 is 0 Å². The Bertz CT molecular complexity index is 408. The molecule has 0 bridgehead atoms. The number of aliphatic hydroxyl groups is 1. The molecule has 1 saturated carbocycles.